The number of rotatable bonds is 9. The summed E-state index contributed by atoms with van der Waals surface area (Å²) in [6, 6.07) is 38.8. The van der Waals surface area contributed by atoms with Crippen molar-refractivity contribution in [1.82, 2.24) is 9.88 Å². The third kappa shape index (κ3) is 5.68. The van der Waals surface area contributed by atoms with Crippen LogP contribution in [0.1, 0.15) is 27.0 Å². The van der Waals surface area contributed by atoms with E-state index in [0.29, 0.717) is 5.56 Å². The highest BCUT2D eigenvalue weighted by atomic mass is 16.1. The quantitative estimate of drug-likeness (QED) is 0.259. The molecule has 5 aromatic rings. The Kier molecular flexibility index (Phi) is 7.02. The van der Waals surface area contributed by atoms with Crippen molar-refractivity contribution >= 4 is 22.6 Å². The van der Waals surface area contributed by atoms with Gasteiger partial charge >= 0.3 is 0 Å². The van der Waals surface area contributed by atoms with E-state index < -0.39 is 0 Å². The molecule has 0 radical (unpaired) electrons. The Labute approximate surface area is 206 Å². The van der Waals surface area contributed by atoms with E-state index in [2.05, 4.69) is 88.0 Å². The van der Waals surface area contributed by atoms with E-state index in [1.165, 1.54) is 11.1 Å². The minimum atomic E-state index is -0.108. The predicted octanol–water partition coefficient (Wildman–Crippen LogP) is 6.67. The molecule has 1 aromatic heterocycles. The topological polar surface area (TPSA) is 48.1 Å². The van der Waals surface area contributed by atoms with Crippen LogP contribution in [0, 0.1) is 0 Å². The molecule has 0 bridgehead atoms. The lowest BCUT2D eigenvalue weighted by Gasteiger charge is -2.23. The molecule has 0 spiro atoms. The maximum atomic E-state index is 12.9. The van der Waals surface area contributed by atoms with Gasteiger partial charge in [-0.1, -0.05) is 97.1 Å². The number of fused-ring (bicyclic) bond motifs is 1. The Morgan fingerprint density at radius 1 is 0.686 bits per heavy atom. The summed E-state index contributed by atoms with van der Waals surface area (Å²) in [6.07, 6.45) is 0.814. The molecule has 0 fully saturated rings. The molecular weight excluding hydrogens is 430 g/mol. The molecule has 0 unspecified atom stereocenters. The highest BCUT2D eigenvalue weighted by Gasteiger charge is 2.16. The summed E-state index contributed by atoms with van der Waals surface area (Å²) in [5.74, 6) is 0.670. The molecule has 35 heavy (non-hydrogen) atoms. The van der Waals surface area contributed by atoms with Gasteiger partial charge < -0.3 is 10.3 Å². The van der Waals surface area contributed by atoms with E-state index in [1.54, 1.807) is 0 Å². The molecule has 2 N–H and O–H groups in total. The first-order valence-corrected chi connectivity index (χ1v) is 12.0. The Morgan fingerprint density at radius 2 is 1.23 bits per heavy atom. The third-order valence-corrected chi connectivity index (χ3v) is 6.26. The van der Waals surface area contributed by atoms with Crippen LogP contribution in [-0.4, -0.2) is 22.3 Å². The summed E-state index contributed by atoms with van der Waals surface area (Å²) in [5, 5.41) is 4.27. The number of aromatic nitrogens is 1. The molecule has 1 amide bonds. The van der Waals surface area contributed by atoms with Gasteiger partial charge in [-0.2, -0.15) is 0 Å². The lowest BCUT2D eigenvalue weighted by molar-refractivity contribution is 0.102. The largest absolute Gasteiger partial charge is 0.341 e. The molecule has 5 rings (SSSR count). The van der Waals surface area contributed by atoms with Crippen LogP contribution in [0.15, 0.2) is 115 Å². The van der Waals surface area contributed by atoms with Gasteiger partial charge in [-0.3, -0.25) is 9.69 Å². The number of aromatic amines is 1. The summed E-state index contributed by atoms with van der Waals surface area (Å²) < 4.78 is 0. The van der Waals surface area contributed by atoms with Crippen LogP contribution in [0.25, 0.3) is 10.9 Å². The number of para-hydroxylation sites is 1. The molecule has 1 heterocycles. The number of hydrogen-bond acceptors (Lipinski definition) is 2. The minimum absolute atomic E-state index is 0.108. The first kappa shape index (κ1) is 22.6. The average Bonchev–Trinajstić information content (AvgIpc) is 3.25. The van der Waals surface area contributed by atoms with Crippen LogP contribution >= 0.6 is 0 Å². The summed E-state index contributed by atoms with van der Waals surface area (Å²) >= 11 is 0. The average molecular weight is 460 g/mol. The number of anilines is 1. The number of carbonyl (C=O) groups is 1. The van der Waals surface area contributed by atoms with Crippen molar-refractivity contribution in [2.75, 3.05) is 11.9 Å². The zero-order valence-electron chi connectivity index (χ0n) is 19.7. The summed E-state index contributed by atoms with van der Waals surface area (Å²) in [6.45, 7) is 2.59. The van der Waals surface area contributed by atoms with Gasteiger partial charge in [0.15, 0.2) is 0 Å². The predicted molar refractivity (Wildman–Crippen MR) is 143 cm³/mol. The summed E-state index contributed by atoms with van der Waals surface area (Å²) in [4.78, 5) is 18.8. The van der Waals surface area contributed by atoms with Gasteiger partial charge in [-0.05, 0) is 35.7 Å². The van der Waals surface area contributed by atoms with Crippen molar-refractivity contribution in [2.24, 2.45) is 0 Å². The van der Waals surface area contributed by atoms with Crippen LogP contribution in [-0.2, 0) is 19.5 Å². The second-order valence-corrected chi connectivity index (χ2v) is 8.78. The standard InChI is InChI=1S/C31H29N3O/c35-31(26-16-8-3-9-17-26)33-30-28(27-18-10-11-19-29(27)32-30)20-21-34(22-24-12-4-1-5-13-24)23-25-14-6-2-7-15-25/h1-19,32H,20-23H2,(H,33,35). The van der Waals surface area contributed by atoms with Crippen molar-refractivity contribution in [3.05, 3.63) is 138 Å². The Balaban J connectivity index is 1.40. The number of hydrogen-bond donors (Lipinski definition) is 2. The molecule has 0 atom stereocenters. The van der Waals surface area contributed by atoms with Crippen LogP contribution in [0.5, 0.6) is 0 Å². The van der Waals surface area contributed by atoms with Gasteiger partial charge in [0.1, 0.15) is 5.82 Å². The van der Waals surface area contributed by atoms with Crippen molar-refractivity contribution < 1.29 is 4.79 Å². The fourth-order valence-corrected chi connectivity index (χ4v) is 4.51. The number of carbonyl (C=O) groups excluding carboxylic acids is 1. The van der Waals surface area contributed by atoms with Crippen LogP contribution in [0.2, 0.25) is 0 Å². The number of benzene rings is 4. The van der Waals surface area contributed by atoms with Crippen molar-refractivity contribution in [1.29, 1.82) is 0 Å². The van der Waals surface area contributed by atoms with Crippen molar-refractivity contribution in [3.8, 4) is 0 Å². The molecule has 0 saturated carbocycles. The molecule has 4 nitrogen and oxygen atoms in total. The lowest BCUT2D eigenvalue weighted by atomic mass is 10.1. The third-order valence-electron chi connectivity index (χ3n) is 6.26. The first-order valence-electron chi connectivity index (χ1n) is 12.0. The maximum Gasteiger partial charge on any atom is 0.256 e. The first-order chi connectivity index (χ1) is 17.3. The van der Waals surface area contributed by atoms with Gasteiger partial charge in [0.25, 0.3) is 5.91 Å². The number of H-pyrrole nitrogens is 1. The van der Waals surface area contributed by atoms with Gasteiger partial charge in [-0.15, -0.1) is 0 Å². The maximum absolute atomic E-state index is 12.9. The van der Waals surface area contributed by atoms with Gasteiger partial charge in [0, 0.05) is 41.7 Å². The van der Waals surface area contributed by atoms with E-state index in [1.807, 2.05) is 42.5 Å². The van der Waals surface area contributed by atoms with E-state index >= 15 is 0 Å². The fourth-order valence-electron chi connectivity index (χ4n) is 4.51. The molecule has 4 aromatic carbocycles. The minimum Gasteiger partial charge on any atom is -0.341 e. The molecule has 174 valence electrons. The summed E-state index contributed by atoms with van der Waals surface area (Å²) in [5.41, 5.74) is 5.39. The molecule has 0 aliphatic rings. The second-order valence-electron chi connectivity index (χ2n) is 8.78. The number of nitrogens with one attached hydrogen (secondary N) is 2. The van der Waals surface area contributed by atoms with Gasteiger partial charge in [-0.25, -0.2) is 0 Å². The zero-order valence-corrected chi connectivity index (χ0v) is 19.7. The van der Waals surface area contributed by atoms with Crippen LogP contribution in [0.4, 0.5) is 5.82 Å². The monoisotopic (exact) mass is 459 g/mol. The fraction of sp³-hybridized carbons (Fsp3) is 0.129. The second kappa shape index (κ2) is 10.9. The SMILES string of the molecule is O=C(Nc1[nH]c2ccccc2c1CCN(Cc1ccccc1)Cc1ccccc1)c1ccccc1. The van der Waals surface area contributed by atoms with E-state index in [4.69, 9.17) is 0 Å². The smallest absolute Gasteiger partial charge is 0.256 e. The Morgan fingerprint density at radius 3 is 1.86 bits per heavy atom. The lowest BCUT2D eigenvalue weighted by Crippen LogP contribution is -2.25. The Hall–Kier alpha value is -4.15. The molecular formula is C31H29N3O. The van der Waals surface area contributed by atoms with E-state index in [0.717, 1.165) is 48.3 Å². The van der Waals surface area contributed by atoms with Gasteiger partial charge in [0.05, 0.1) is 0 Å². The van der Waals surface area contributed by atoms with Crippen LogP contribution < -0.4 is 5.32 Å². The van der Waals surface area contributed by atoms with Crippen molar-refractivity contribution in [2.45, 2.75) is 19.5 Å². The zero-order chi connectivity index (χ0) is 23.9. The normalized spacial score (nSPS) is 11.1. The molecule has 0 aliphatic heterocycles. The number of amides is 1. The molecule has 4 heteroatoms. The highest BCUT2D eigenvalue weighted by Crippen LogP contribution is 2.28. The highest BCUT2D eigenvalue weighted by molar-refractivity contribution is 6.06. The Bertz CT molecular complexity index is 1340. The van der Waals surface area contributed by atoms with Gasteiger partial charge in [0.2, 0.25) is 0 Å². The van der Waals surface area contributed by atoms with E-state index in [-0.39, 0.29) is 5.91 Å². The van der Waals surface area contributed by atoms with Crippen LogP contribution in [0.3, 0.4) is 0 Å². The molecule has 0 saturated heterocycles. The molecule has 0 aliphatic carbocycles. The van der Waals surface area contributed by atoms with Crippen molar-refractivity contribution in [3.63, 3.8) is 0 Å². The summed E-state index contributed by atoms with van der Waals surface area (Å²) in [7, 11) is 0. The number of nitrogens with zero attached hydrogens (tertiary/aromatic N) is 1. The van der Waals surface area contributed by atoms with E-state index in [9.17, 15) is 4.79 Å².